The van der Waals surface area contributed by atoms with Crippen molar-refractivity contribution in [3.63, 3.8) is 0 Å². The summed E-state index contributed by atoms with van der Waals surface area (Å²) in [5.41, 5.74) is 0.0768. The van der Waals surface area contributed by atoms with Gasteiger partial charge in [-0.3, -0.25) is 4.79 Å². The van der Waals surface area contributed by atoms with Crippen LogP contribution in [0.1, 0.15) is 16.8 Å². The molecule has 124 valence electrons. The normalized spacial score (nSPS) is 17.5. The SMILES string of the molecule is CNCC1CCN(C(=O)c2cc(Cl)ccc2OC(F)F)C1.Cl. The Bertz CT molecular complexity index is 518. The molecule has 1 atom stereocenters. The van der Waals surface area contributed by atoms with Crippen molar-refractivity contribution >= 4 is 29.9 Å². The van der Waals surface area contributed by atoms with Gasteiger partial charge in [-0.15, -0.1) is 12.4 Å². The summed E-state index contributed by atoms with van der Waals surface area (Å²) in [6.45, 7) is -0.959. The van der Waals surface area contributed by atoms with E-state index < -0.39 is 6.61 Å². The number of rotatable bonds is 5. The average molecular weight is 355 g/mol. The first kappa shape index (κ1) is 18.9. The molecule has 0 saturated carbocycles. The second-order valence-corrected chi connectivity index (χ2v) is 5.42. The number of hydrogen-bond donors (Lipinski definition) is 1. The highest BCUT2D eigenvalue weighted by molar-refractivity contribution is 6.31. The van der Waals surface area contributed by atoms with Gasteiger partial charge in [0.25, 0.3) is 5.91 Å². The summed E-state index contributed by atoms with van der Waals surface area (Å²) in [4.78, 5) is 14.1. The number of carbonyl (C=O) groups excluding carboxylic acids is 1. The summed E-state index contributed by atoms with van der Waals surface area (Å²) in [5.74, 6) is -0.0965. The molecule has 1 aromatic carbocycles. The maximum absolute atomic E-state index is 12.5. The zero-order chi connectivity index (χ0) is 15.4. The van der Waals surface area contributed by atoms with Gasteiger partial charge in [-0.25, -0.2) is 0 Å². The molecule has 0 radical (unpaired) electrons. The lowest BCUT2D eigenvalue weighted by molar-refractivity contribution is -0.0502. The summed E-state index contributed by atoms with van der Waals surface area (Å²) in [7, 11) is 1.86. The largest absolute Gasteiger partial charge is 0.434 e. The molecule has 4 nitrogen and oxygen atoms in total. The van der Waals surface area contributed by atoms with E-state index in [4.69, 9.17) is 11.6 Å². The predicted octanol–water partition coefficient (Wildman–Crippen LogP) is 3.04. The number of hydrogen-bond acceptors (Lipinski definition) is 3. The van der Waals surface area contributed by atoms with E-state index in [0.717, 1.165) is 13.0 Å². The second-order valence-electron chi connectivity index (χ2n) is 4.98. The van der Waals surface area contributed by atoms with Gasteiger partial charge < -0.3 is 15.0 Å². The van der Waals surface area contributed by atoms with Crippen LogP contribution < -0.4 is 10.1 Å². The van der Waals surface area contributed by atoms with Gasteiger partial charge in [0, 0.05) is 18.1 Å². The Morgan fingerprint density at radius 2 is 2.27 bits per heavy atom. The van der Waals surface area contributed by atoms with Crippen molar-refractivity contribution in [1.82, 2.24) is 10.2 Å². The van der Waals surface area contributed by atoms with Crippen LogP contribution in [-0.2, 0) is 0 Å². The molecular formula is C14H18Cl2F2N2O2. The van der Waals surface area contributed by atoms with Gasteiger partial charge in [0.1, 0.15) is 5.75 Å². The zero-order valence-corrected chi connectivity index (χ0v) is 13.6. The molecule has 1 fully saturated rings. The van der Waals surface area contributed by atoms with Crippen molar-refractivity contribution in [2.75, 3.05) is 26.7 Å². The Labute approximate surface area is 139 Å². The molecule has 1 heterocycles. The Balaban J connectivity index is 0.00000242. The van der Waals surface area contributed by atoms with Gasteiger partial charge in [0.2, 0.25) is 0 Å². The highest BCUT2D eigenvalue weighted by atomic mass is 35.5. The van der Waals surface area contributed by atoms with Gasteiger partial charge in [-0.05, 0) is 44.1 Å². The third-order valence-electron chi connectivity index (χ3n) is 3.45. The van der Waals surface area contributed by atoms with E-state index >= 15 is 0 Å². The lowest BCUT2D eigenvalue weighted by Gasteiger charge is -2.19. The van der Waals surface area contributed by atoms with Crippen molar-refractivity contribution in [3.8, 4) is 5.75 Å². The van der Waals surface area contributed by atoms with Crippen LogP contribution in [0.4, 0.5) is 8.78 Å². The highest BCUT2D eigenvalue weighted by Gasteiger charge is 2.28. The summed E-state index contributed by atoms with van der Waals surface area (Å²) in [6, 6.07) is 4.08. The smallest absolute Gasteiger partial charge is 0.387 e. The molecule has 1 N–H and O–H groups in total. The molecule has 0 bridgehead atoms. The molecular weight excluding hydrogens is 337 g/mol. The van der Waals surface area contributed by atoms with Gasteiger partial charge in [-0.1, -0.05) is 11.6 Å². The van der Waals surface area contributed by atoms with Crippen LogP contribution in [0.5, 0.6) is 5.75 Å². The Hall–Kier alpha value is -1.11. The fourth-order valence-corrected chi connectivity index (χ4v) is 2.68. The number of benzene rings is 1. The van der Waals surface area contributed by atoms with Crippen molar-refractivity contribution in [1.29, 1.82) is 0 Å². The first-order chi connectivity index (χ1) is 10.0. The van der Waals surface area contributed by atoms with E-state index in [1.165, 1.54) is 18.2 Å². The summed E-state index contributed by atoms with van der Waals surface area (Å²) >= 11 is 5.86. The number of amides is 1. The minimum atomic E-state index is -2.98. The quantitative estimate of drug-likeness (QED) is 0.883. The first-order valence-electron chi connectivity index (χ1n) is 6.69. The molecule has 1 aliphatic rings. The van der Waals surface area contributed by atoms with E-state index in [0.29, 0.717) is 24.0 Å². The molecule has 1 unspecified atom stereocenters. The lowest BCUT2D eigenvalue weighted by Crippen LogP contribution is -2.30. The Kier molecular flexibility index (Phi) is 7.32. The van der Waals surface area contributed by atoms with Crippen LogP contribution in [-0.4, -0.2) is 44.1 Å². The van der Waals surface area contributed by atoms with E-state index in [2.05, 4.69) is 10.1 Å². The maximum atomic E-state index is 12.5. The van der Waals surface area contributed by atoms with Crippen molar-refractivity contribution in [2.45, 2.75) is 13.0 Å². The summed E-state index contributed by atoms with van der Waals surface area (Å²) < 4.78 is 29.2. The number of carbonyl (C=O) groups is 1. The van der Waals surface area contributed by atoms with E-state index in [1.54, 1.807) is 4.90 Å². The van der Waals surface area contributed by atoms with Crippen LogP contribution in [0.2, 0.25) is 5.02 Å². The van der Waals surface area contributed by atoms with Crippen molar-refractivity contribution < 1.29 is 18.3 Å². The second kappa shape index (κ2) is 8.50. The minimum Gasteiger partial charge on any atom is -0.434 e. The van der Waals surface area contributed by atoms with Crippen molar-refractivity contribution in [3.05, 3.63) is 28.8 Å². The monoisotopic (exact) mass is 354 g/mol. The van der Waals surface area contributed by atoms with Gasteiger partial charge in [-0.2, -0.15) is 8.78 Å². The molecule has 0 spiro atoms. The highest BCUT2D eigenvalue weighted by Crippen LogP contribution is 2.28. The van der Waals surface area contributed by atoms with Gasteiger partial charge in [0.15, 0.2) is 0 Å². The standard InChI is InChI=1S/C14H17ClF2N2O2.ClH/c1-18-7-9-4-5-19(8-9)13(20)11-6-10(15)2-3-12(11)21-14(16)17;/h2-3,6,9,14,18H,4-5,7-8H2,1H3;1H. The summed E-state index contributed by atoms with van der Waals surface area (Å²) in [6.07, 6.45) is 0.887. The number of likely N-dealkylation sites (tertiary alicyclic amines) is 1. The first-order valence-corrected chi connectivity index (χ1v) is 7.07. The van der Waals surface area contributed by atoms with Crippen LogP contribution in [0.3, 0.4) is 0 Å². The zero-order valence-electron chi connectivity index (χ0n) is 12.0. The van der Waals surface area contributed by atoms with Gasteiger partial charge in [0.05, 0.1) is 5.56 Å². The fraction of sp³-hybridized carbons (Fsp3) is 0.500. The molecule has 1 aliphatic heterocycles. The van der Waals surface area contributed by atoms with Crippen LogP contribution >= 0.6 is 24.0 Å². The summed E-state index contributed by atoms with van der Waals surface area (Å²) in [5, 5.41) is 3.38. The molecule has 1 amide bonds. The molecule has 2 rings (SSSR count). The molecule has 1 saturated heterocycles. The van der Waals surface area contributed by atoms with E-state index in [-0.39, 0.29) is 29.6 Å². The van der Waals surface area contributed by atoms with Crippen LogP contribution in [0, 0.1) is 5.92 Å². The predicted molar refractivity (Wildman–Crippen MR) is 83.3 cm³/mol. The number of nitrogens with one attached hydrogen (secondary N) is 1. The Morgan fingerprint density at radius 3 is 2.91 bits per heavy atom. The fourth-order valence-electron chi connectivity index (χ4n) is 2.51. The van der Waals surface area contributed by atoms with Crippen LogP contribution in [0.25, 0.3) is 0 Å². The number of alkyl halides is 2. The molecule has 22 heavy (non-hydrogen) atoms. The molecule has 0 aliphatic carbocycles. The third-order valence-corrected chi connectivity index (χ3v) is 3.69. The third kappa shape index (κ3) is 4.69. The molecule has 8 heteroatoms. The Morgan fingerprint density at radius 1 is 1.55 bits per heavy atom. The van der Waals surface area contributed by atoms with Crippen molar-refractivity contribution in [2.24, 2.45) is 5.92 Å². The van der Waals surface area contributed by atoms with E-state index in [9.17, 15) is 13.6 Å². The minimum absolute atomic E-state index is 0. The number of ether oxygens (including phenoxy) is 1. The topological polar surface area (TPSA) is 41.6 Å². The van der Waals surface area contributed by atoms with E-state index in [1.807, 2.05) is 7.05 Å². The van der Waals surface area contributed by atoms with Crippen LogP contribution in [0.15, 0.2) is 18.2 Å². The average Bonchev–Trinajstić information content (AvgIpc) is 2.88. The number of nitrogens with zero attached hydrogens (tertiary/aromatic N) is 1. The van der Waals surface area contributed by atoms with Gasteiger partial charge >= 0.3 is 6.61 Å². The molecule has 0 aromatic heterocycles. The lowest BCUT2D eigenvalue weighted by atomic mass is 10.1. The number of halogens is 4. The maximum Gasteiger partial charge on any atom is 0.387 e. The molecule has 1 aromatic rings.